The van der Waals surface area contributed by atoms with Crippen molar-refractivity contribution in [2.45, 2.75) is 6.54 Å². The normalized spacial score (nSPS) is 13.7. The molecule has 1 heterocycles. The van der Waals surface area contributed by atoms with Crippen molar-refractivity contribution in [2.24, 2.45) is 0 Å². The topological polar surface area (TPSA) is 15.3 Å². The van der Waals surface area contributed by atoms with Gasteiger partial charge in [-0.25, -0.2) is 0 Å². The largest absolute Gasteiger partial charge is 0.373 e. The van der Waals surface area contributed by atoms with Crippen LogP contribution in [0.25, 0.3) is 0 Å². The van der Waals surface area contributed by atoms with Gasteiger partial charge in [-0.2, -0.15) is 0 Å². The van der Waals surface area contributed by atoms with Gasteiger partial charge in [-0.1, -0.05) is 30.3 Å². The Kier molecular flexibility index (Phi) is 3.65. The van der Waals surface area contributed by atoms with E-state index in [4.69, 9.17) is 0 Å². The van der Waals surface area contributed by atoms with Gasteiger partial charge in [0.2, 0.25) is 0 Å². The summed E-state index contributed by atoms with van der Waals surface area (Å²) in [6.45, 7) is 1.92. The Balaban J connectivity index is 0.000000845. The molecule has 70 valence electrons. The summed E-state index contributed by atoms with van der Waals surface area (Å²) in [6.07, 6.45) is 4.05. The van der Waals surface area contributed by atoms with Crippen LogP contribution in [0.5, 0.6) is 0 Å². The molecule has 13 heavy (non-hydrogen) atoms. The summed E-state index contributed by atoms with van der Waals surface area (Å²) in [6, 6.07) is 10.5. The Labute approximate surface area is 84.7 Å². The van der Waals surface area contributed by atoms with Crippen LogP contribution in [0.3, 0.4) is 0 Å². The molecule has 0 saturated carbocycles. The van der Waals surface area contributed by atoms with Gasteiger partial charge in [0.25, 0.3) is 0 Å². The minimum Gasteiger partial charge on any atom is -0.373 e. The maximum Gasteiger partial charge on any atom is 0.0870 e. The van der Waals surface area contributed by atoms with E-state index in [-0.39, 0.29) is 12.4 Å². The molecule has 1 aliphatic rings. The maximum absolute atomic E-state index is 3.14. The number of halogens is 1. The van der Waals surface area contributed by atoms with Gasteiger partial charge in [0.05, 0.1) is 6.67 Å². The van der Waals surface area contributed by atoms with E-state index < -0.39 is 0 Å². The van der Waals surface area contributed by atoms with Crippen molar-refractivity contribution in [3.63, 3.8) is 0 Å². The number of rotatable bonds is 2. The quantitative estimate of drug-likeness (QED) is 0.778. The van der Waals surface area contributed by atoms with Gasteiger partial charge in [-0.05, 0) is 5.56 Å². The molecule has 0 saturated heterocycles. The number of hydrogen-bond acceptors (Lipinski definition) is 2. The Bertz CT molecular complexity index is 272. The van der Waals surface area contributed by atoms with Gasteiger partial charge in [0.15, 0.2) is 0 Å². The van der Waals surface area contributed by atoms with Crippen LogP contribution in [-0.2, 0) is 6.54 Å². The average molecular weight is 197 g/mol. The van der Waals surface area contributed by atoms with E-state index in [0.29, 0.717) is 0 Å². The summed E-state index contributed by atoms with van der Waals surface area (Å²) in [7, 11) is 0. The van der Waals surface area contributed by atoms with Crippen LogP contribution in [0.1, 0.15) is 5.56 Å². The molecule has 2 nitrogen and oxygen atoms in total. The highest BCUT2D eigenvalue weighted by atomic mass is 35.5. The Morgan fingerprint density at radius 3 is 2.62 bits per heavy atom. The highest BCUT2D eigenvalue weighted by Gasteiger charge is 2.02. The number of nitrogens with one attached hydrogen (secondary N) is 1. The van der Waals surface area contributed by atoms with Crippen LogP contribution < -0.4 is 5.32 Å². The number of nitrogens with zero attached hydrogens (tertiary/aromatic N) is 1. The lowest BCUT2D eigenvalue weighted by Crippen LogP contribution is -2.19. The summed E-state index contributed by atoms with van der Waals surface area (Å²) < 4.78 is 0. The fraction of sp³-hybridized carbons (Fsp3) is 0.200. The molecule has 1 aromatic rings. The van der Waals surface area contributed by atoms with E-state index in [0.717, 1.165) is 13.2 Å². The first kappa shape index (κ1) is 9.93. The van der Waals surface area contributed by atoms with Gasteiger partial charge in [-0.3, -0.25) is 0 Å². The van der Waals surface area contributed by atoms with Crippen LogP contribution in [-0.4, -0.2) is 11.6 Å². The minimum atomic E-state index is 0. The molecule has 0 amide bonds. The molecular formula is C10H13ClN2. The van der Waals surface area contributed by atoms with Gasteiger partial charge in [0, 0.05) is 18.9 Å². The van der Waals surface area contributed by atoms with E-state index in [1.807, 2.05) is 12.3 Å². The molecule has 0 aliphatic carbocycles. The van der Waals surface area contributed by atoms with E-state index in [2.05, 4.69) is 40.7 Å². The van der Waals surface area contributed by atoms with Gasteiger partial charge < -0.3 is 10.2 Å². The second-order valence-electron chi connectivity index (χ2n) is 2.91. The van der Waals surface area contributed by atoms with Crippen molar-refractivity contribution in [1.29, 1.82) is 0 Å². The molecule has 0 bridgehead atoms. The first-order chi connectivity index (χ1) is 5.95. The zero-order chi connectivity index (χ0) is 8.23. The number of benzene rings is 1. The monoisotopic (exact) mass is 196 g/mol. The van der Waals surface area contributed by atoms with E-state index >= 15 is 0 Å². The molecule has 2 rings (SSSR count). The lowest BCUT2D eigenvalue weighted by atomic mass is 10.2. The summed E-state index contributed by atoms with van der Waals surface area (Å²) in [5.74, 6) is 0. The third kappa shape index (κ3) is 2.67. The molecule has 0 aromatic heterocycles. The Hall–Kier alpha value is -1.15. The summed E-state index contributed by atoms with van der Waals surface area (Å²) in [5.41, 5.74) is 1.35. The van der Waals surface area contributed by atoms with Crippen LogP contribution in [0.15, 0.2) is 42.7 Å². The zero-order valence-electron chi connectivity index (χ0n) is 7.31. The third-order valence-electron chi connectivity index (χ3n) is 1.93. The standard InChI is InChI=1S/C10H12N2.ClH/c1-2-4-10(5-3-1)8-12-7-6-11-9-12;/h1-7,11H,8-9H2;1H. The molecule has 0 atom stereocenters. The van der Waals surface area contributed by atoms with Crippen molar-refractivity contribution < 1.29 is 0 Å². The van der Waals surface area contributed by atoms with Crippen molar-refractivity contribution >= 4 is 12.4 Å². The third-order valence-corrected chi connectivity index (χ3v) is 1.93. The molecule has 1 N–H and O–H groups in total. The fourth-order valence-corrected chi connectivity index (χ4v) is 1.31. The second kappa shape index (κ2) is 4.77. The van der Waals surface area contributed by atoms with E-state index in [1.165, 1.54) is 5.56 Å². The first-order valence-electron chi connectivity index (χ1n) is 4.13. The highest BCUT2D eigenvalue weighted by Crippen LogP contribution is 2.05. The highest BCUT2D eigenvalue weighted by molar-refractivity contribution is 5.85. The van der Waals surface area contributed by atoms with Gasteiger partial charge >= 0.3 is 0 Å². The summed E-state index contributed by atoms with van der Waals surface area (Å²) in [4.78, 5) is 2.23. The molecule has 1 aliphatic heterocycles. The van der Waals surface area contributed by atoms with Crippen LogP contribution in [0.4, 0.5) is 0 Å². The van der Waals surface area contributed by atoms with E-state index in [9.17, 15) is 0 Å². The first-order valence-corrected chi connectivity index (χ1v) is 4.13. The van der Waals surface area contributed by atoms with Crippen LogP contribution >= 0.6 is 12.4 Å². The molecule has 0 spiro atoms. The van der Waals surface area contributed by atoms with Crippen LogP contribution in [0, 0.1) is 0 Å². The molecular weight excluding hydrogens is 184 g/mol. The van der Waals surface area contributed by atoms with E-state index in [1.54, 1.807) is 0 Å². The average Bonchev–Trinajstić information content (AvgIpc) is 2.59. The predicted octanol–water partition coefficient (Wildman–Crippen LogP) is 1.94. The van der Waals surface area contributed by atoms with Gasteiger partial charge in [-0.15, -0.1) is 12.4 Å². The minimum absolute atomic E-state index is 0. The zero-order valence-corrected chi connectivity index (χ0v) is 8.13. The number of hydrogen-bond donors (Lipinski definition) is 1. The summed E-state index contributed by atoms with van der Waals surface area (Å²) >= 11 is 0. The predicted molar refractivity (Wildman–Crippen MR) is 56.4 cm³/mol. The SMILES string of the molecule is C1=CN(Cc2ccccc2)CN1.Cl. The lowest BCUT2D eigenvalue weighted by molar-refractivity contribution is 0.385. The van der Waals surface area contributed by atoms with Crippen LogP contribution in [0.2, 0.25) is 0 Å². The maximum atomic E-state index is 3.14. The van der Waals surface area contributed by atoms with Crippen molar-refractivity contribution in [3.05, 3.63) is 48.3 Å². The Morgan fingerprint density at radius 2 is 2.00 bits per heavy atom. The van der Waals surface area contributed by atoms with Crippen molar-refractivity contribution in [1.82, 2.24) is 10.2 Å². The molecule has 0 radical (unpaired) electrons. The fourth-order valence-electron chi connectivity index (χ4n) is 1.31. The molecule has 3 heteroatoms. The second-order valence-corrected chi connectivity index (χ2v) is 2.91. The lowest BCUT2D eigenvalue weighted by Gasteiger charge is -2.14. The molecule has 1 aromatic carbocycles. The van der Waals surface area contributed by atoms with Crippen molar-refractivity contribution in [2.75, 3.05) is 6.67 Å². The Morgan fingerprint density at radius 1 is 1.23 bits per heavy atom. The smallest absolute Gasteiger partial charge is 0.0870 e. The molecule has 0 unspecified atom stereocenters. The summed E-state index contributed by atoms with van der Waals surface area (Å²) in [5, 5.41) is 3.14. The molecule has 0 fully saturated rings. The van der Waals surface area contributed by atoms with Crippen molar-refractivity contribution in [3.8, 4) is 0 Å². The van der Waals surface area contributed by atoms with Gasteiger partial charge in [0.1, 0.15) is 0 Å².